The zero-order valence-corrected chi connectivity index (χ0v) is 9.20. The van der Waals surface area contributed by atoms with E-state index in [1.807, 2.05) is 36.4 Å². The molecule has 0 bridgehead atoms. The van der Waals surface area contributed by atoms with Crippen molar-refractivity contribution in [2.75, 3.05) is 0 Å². The summed E-state index contributed by atoms with van der Waals surface area (Å²) < 4.78 is 0. The third kappa shape index (κ3) is 1.25. The number of phenols is 1. The Labute approximate surface area is 97.9 Å². The maximum Gasteiger partial charge on any atom is 0.142 e. The zero-order chi connectivity index (χ0) is 11.1. The lowest BCUT2D eigenvalue weighted by Crippen LogP contribution is -1.78. The molecule has 2 heteroatoms. The van der Waals surface area contributed by atoms with Crippen LogP contribution in [0.15, 0.2) is 48.5 Å². The minimum Gasteiger partial charge on any atom is -0.506 e. The lowest BCUT2D eigenvalue weighted by Gasteiger charge is -2.06. The van der Waals surface area contributed by atoms with E-state index in [1.165, 1.54) is 0 Å². The van der Waals surface area contributed by atoms with E-state index in [2.05, 4.69) is 6.07 Å². The van der Waals surface area contributed by atoms with Gasteiger partial charge < -0.3 is 5.11 Å². The van der Waals surface area contributed by atoms with E-state index in [1.54, 1.807) is 6.07 Å². The molecule has 3 aromatic rings. The summed E-state index contributed by atoms with van der Waals surface area (Å²) in [4.78, 5) is 0. The summed E-state index contributed by atoms with van der Waals surface area (Å²) >= 11 is 5.89. The molecule has 78 valence electrons. The Morgan fingerprint density at radius 3 is 2.38 bits per heavy atom. The molecular formula is C14H9ClO. The van der Waals surface area contributed by atoms with Crippen LogP contribution in [0.5, 0.6) is 5.75 Å². The van der Waals surface area contributed by atoms with Gasteiger partial charge in [-0.3, -0.25) is 0 Å². The largest absolute Gasteiger partial charge is 0.506 e. The molecule has 0 aliphatic carbocycles. The topological polar surface area (TPSA) is 20.2 Å². The summed E-state index contributed by atoms with van der Waals surface area (Å²) in [6, 6.07) is 15.7. The summed E-state index contributed by atoms with van der Waals surface area (Å²) in [6.07, 6.45) is 0. The van der Waals surface area contributed by atoms with Crippen LogP contribution in [0.3, 0.4) is 0 Å². The summed E-state index contributed by atoms with van der Waals surface area (Å²) in [7, 11) is 0. The average Bonchev–Trinajstić information content (AvgIpc) is 2.33. The Hall–Kier alpha value is -1.73. The van der Waals surface area contributed by atoms with Gasteiger partial charge in [0.15, 0.2) is 0 Å². The quantitative estimate of drug-likeness (QED) is 0.567. The molecule has 0 unspecified atom stereocenters. The standard InChI is InChI=1S/C14H9ClO/c15-13-8-7-11-10-4-2-1-3-9(10)5-6-12(11)14(13)16/h1-8,16H. The zero-order valence-electron chi connectivity index (χ0n) is 8.44. The minimum absolute atomic E-state index is 0.157. The van der Waals surface area contributed by atoms with Gasteiger partial charge in [0, 0.05) is 5.39 Å². The Morgan fingerprint density at radius 2 is 1.50 bits per heavy atom. The molecule has 1 nitrogen and oxygen atoms in total. The van der Waals surface area contributed by atoms with Gasteiger partial charge in [0.2, 0.25) is 0 Å². The van der Waals surface area contributed by atoms with Crippen LogP contribution in [0.2, 0.25) is 5.02 Å². The van der Waals surface area contributed by atoms with Crippen molar-refractivity contribution in [3.8, 4) is 5.75 Å². The van der Waals surface area contributed by atoms with Crippen molar-refractivity contribution in [3.05, 3.63) is 53.6 Å². The summed E-state index contributed by atoms with van der Waals surface area (Å²) in [6.45, 7) is 0. The van der Waals surface area contributed by atoms with Gasteiger partial charge in [-0.15, -0.1) is 0 Å². The second-order valence-electron chi connectivity index (χ2n) is 3.78. The number of rotatable bonds is 0. The van der Waals surface area contributed by atoms with Crippen molar-refractivity contribution < 1.29 is 5.11 Å². The fourth-order valence-corrected chi connectivity index (χ4v) is 2.21. The van der Waals surface area contributed by atoms with E-state index in [9.17, 15) is 5.11 Å². The molecule has 0 spiro atoms. The van der Waals surface area contributed by atoms with Gasteiger partial charge in [0.25, 0.3) is 0 Å². The van der Waals surface area contributed by atoms with Crippen LogP contribution in [0.4, 0.5) is 0 Å². The molecule has 0 atom stereocenters. The third-order valence-corrected chi connectivity index (χ3v) is 3.15. The molecule has 0 aromatic heterocycles. The van der Waals surface area contributed by atoms with E-state index in [0.29, 0.717) is 5.02 Å². The molecule has 1 N–H and O–H groups in total. The van der Waals surface area contributed by atoms with E-state index in [4.69, 9.17) is 11.6 Å². The van der Waals surface area contributed by atoms with Gasteiger partial charge in [0.05, 0.1) is 5.02 Å². The van der Waals surface area contributed by atoms with Crippen molar-refractivity contribution in [3.63, 3.8) is 0 Å². The Bertz CT molecular complexity index is 689. The molecule has 0 amide bonds. The van der Waals surface area contributed by atoms with Gasteiger partial charge in [0.1, 0.15) is 5.75 Å². The molecule has 3 rings (SSSR count). The monoisotopic (exact) mass is 228 g/mol. The molecule has 16 heavy (non-hydrogen) atoms. The fraction of sp³-hybridized carbons (Fsp3) is 0. The normalized spacial score (nSPS) is 11.1. The first kappa shape index (κ1) is 9.49. The van der Waals surface area contributed by atoms with Crippen molar-refractivity contribution in [2.45, 2.75) is 0 Å². The second kappa shape index (κ2) is 3.39. The number of halogens is 1. The molecule has 0 aliphatic heterocycles. The van der Waals surface area contributed by atoms with Crippen LogP contribution in [0, 0.1) is 0 Å². The summed E-state index contributed by atoms with van der Waals surface area (Å²) in [5.41, 5.74) is 0. The van der Waals surface area contributed by atoms with Crippen LogP contribution < -0.4 is 0 Å². The SMILES string of the molecule is Oc1c(Cl)ccc2c1ccc1ccccc12. The number of hydrogen-bond acceptors (Lipinski definition) is 1. The van der Waals surface area contributed by atoms with E-state index in [0.717, 1.165) is 21.5 Å². The molecule has 0 saturated heterocycles. The molecule has 0 radical (unpaired) electrons. The molecule has 0 aliphatic rings. The Morgan fingerprint density at radius 1 is 0.750 bits per heavy atom. The van der Waals surface area contributed by atoms with Crippen LogP contribution in [0.25, 0.3) is 21.5 Å². The highest BCUT2D eigenvalue weighted by atomic mass is 35.5. The van der Waals surface area contributed by atoms with Crippen molar-refractivity contribution in [1.29, 1.82) is 0 Å². The van der Waals surface area contributed by atoms with E-state index < -0.39 is 0 Å². The van der Waals surface area contributed by atoms with Gasteiger partial charge >= 0.3 is 0 Å². The van der Waals surface area contributed by atoms with Crippen LogP contribution in [-0.2, 0) is 0 Å². The number of hydrogen-bond donors (Lipinski definition) is 1. The van der Waals surface area contributed by atoms with Crippen LogP contribution in [-0.4, -0.2) is 5.11 Å². The summed E-state index contributed by atoms with van der Waals surface area (Å²) in [5.74, 6) is 0.157. The fourth-order valence-electron chi connectivity index (χ4n) is 2.05. The van der Waals surface area contributed by atoms with Gasteiger partial charge in [-0.25, -0.2) is 0 Å². The molecule has 0 saturated carbocycles. The number of benzene rings is 3. The Balaban J connectivity index is 2.58. The molecule has 3 aromatic carbocycles. The van der Waals surface area contributed by atoms with Crippen LogP contribution >= 0.6 is 11.6 Å². The first-order valence-electron chi connectivity index (χ1n) is 5.06. The maximum atomic E-state index is 9.89. The first-order chi connectivity index (χ1) is 7.77. The van der Waals surface area contributed by atoms with Crippen molar-refractivity contribution in [1.82, 2.24) is 0 Å². The van der Waals surface area contributed by atoms with E-state index in [-0.39, 0.29) is 5.75 Å². The minimum atomic E-state index is 0.157. The smallest absolute Gasteiger partial charge is 0.142 e. The third-order valence-electron chi connectivity index (χ3n) is 2.85. The number of phenolic OH excluding ortho intramolecular Hbond substituents is 1. The predicted octanol–water partition coefficient (Wildman–Crippen LogP) is 4.35. The number of fused-ring (bicyclic) bond motifs is 3. The highest BCUT2D eigenvalue weighted by Gasteiger charge is 2.06. The lowest BCUT2D eigenvalue weighted by atomic mass is 10.0. The molecular weight excluding hydrogens is 220 g/mol. The summed E-state index contributed by atoms with van der Waals surface area (Å²) in [5, 5.41) is 14.4. The molecule has 0 fully saturated rings. The molecule has 0 heterocycles. The Kier molecular flexibility index (Phi) is 2.01. The van der Waals surface area contributed by atoms with Gasteiger partial charge in [-0.2, -0.15) is 0 Å². The maximum absolute atomic E-state index is 9.89. The van der Waals surface area contributed by atoms with E-state index >= 15 is 0 Å². The lowest BCUT2D eigenvalue weighted by molar-refractivity contribution is 0.482. The van der Waals surface area contributed by atoms with Gasteiger partial charge in [-0.1, -0.05) is 48.0 Å². The average molecular weight is 229 g/mol. The van der Waals surface area contributed by atoms with Crippen LogP contribution in [0.1, 0.15) is 0 Å². The van der Waals surface area contributed by atoms with Crippen molar-refractivity contribution in [2.24, 2.45) is 0 Å². The van der Waals surface area contributed by atoms with Crippen molar-refractivity contribution >= 4 is 33.1 Å². The van der Waals surface area contributed by atoms with Gasteiger partial charge in [-0.05, 0) is 28.3 Å². The second-order valence-corrected chi connectivity index (χ2v) is 4.19. The predicted molar refractivity (Wildman–Crippen MR) is 68.1 cm³/mol. The number of aromatic hydroxyl groups is 1. The highest BCUT2D eigenvalue weighted by Crippen LogP contribution is 2.35. The first-order valence-corrected chi connectivity index (χ1v) is 5.44. The highest BCUT2D eigenvalue weighted by molar-refractivity contribution is 6.33.